The minimum absolute atomic E-state index is 0.0467. The fourth-order valence-corrected chi connectivity index (χ4v) is 4.42. The van der Waals surface area contributed by atoms with E-state index in [1.54, 1.807) is 16.7 Å². The third kappa shape index (κ3) is 4.50. The van der Waals surface area contributed by atoms with E-state index in [2.05, 4.69) is 5.32 Å². The molecule has 1 saturated carbocycles. The van der Waals surface area contributed by atoms with Gasteiger partial charge >= 0.3 is 0 Å². The maximum atomic E-state index is 12.1. The smallest absolute Gasteiger partial charge is 0.234 e. The molecule has 1 aromatic rings. The van der Waals surface area contributed by atoms with Gasteiger partial charge in [-0.05, 0) is 37.5 Å². The number of anilines is 2. The molecule has 0 radical (unpaired) electrons. The van der Waals surface area contributed by atoms with Crippen molar-refractivity contribution in [2.75, 3.05) is 22.5 Å². The minimum atomic E-state index is 0.0467. The molecule has 2 aliphatic rings. The topological polar surface area (TPSA) is 49.4 Å². The lowest BCUT2D eigenvalue weighted by molar-refractivity contribution is -0.117. The van der Waals surface area contributed by atoms with Crippen LogP contribution in [0.1, 0.15) is 44.9 Å². The maximum absolute atomic E-state index is 12.1. The zero-order valence-electron chi connectivity index (χ0n) is 13.4. The van der Waals surface area contributed by atoms with E-state index in [4.69, 9.17) is 0 Å². The number of amides is 2. The molecule has 124 valence electrons. The Bertz CT molecular complexity index is 570. The number of rotatable bonds is 5. The average Bonchev–Trinajstić information content (AvgIpc) is 3.00. The molecule has 0 unspecified atom stereocenters. The van der Waals surface area contributed by atoms with Crippen molar-refractivity contribution in [3.8, 4) is 0 Å². The van der Waals surface area contributed by atoms with Crippen molar-refractivity contribution in [2.24, 2.45) is 0 Å². The lowest BCUT2D eigenvalue weighted by Gasteiger charge is -2.20. The molecular weight excluding hydrogens is 308 g/mol. The molecular formula is C18H24N2O2S. The van der Waals surface area contributed by atoms with Crippen LogP contribution in [0.15, 0.2) is 24.3 Å². The van der Waals surface area contributed by atoms with Gasteiger partial charge in [-0.15, -0.1) is 11.8 Å². The Balaban J connectivity index is 1.52. The Morgan fingerprint density at radius 3 is 2.78 bits per heavy atom. The summed E-state index contributed by atoms with van der Waals surface area (Å²) in [4.78, 5) is 25.8. The van der Waals surface area contributed by atoms with E-state index in [0.29, 0.717) is 17.4 Å². The van der Waals surface area contributed by atoms with Crippen LogP contribution in [-0.2, 0) is 9.59 Å². The molecule has 5 heteroatoms. The van der Waals surface area contributed by atoms with Gasteiger partial charge in [-0.2, -0.15) is 0 Å². The standard InChI is InChI=1S/C18H24N2O2S/c21-17(13-23-16-8-2-1-3-9-16)19-14-6-4-7-15(12-14)20-11-5-10-18(20)22/h4,6-7,12,16H,1-3,5,8-11,13H2,(H,19,21). The van der Waals surface area contributed by atoms with Crippen molar-refractivity contribution in [3.63, 3.8) is 0 Å². The van der Waals surface area contributed by atoms with Crippen LogP contribution in [-0.4, -0.2) is 29.4 Å². The summed E-state index contributed by atoms with van der Waals surface area (Å²) in [5.74, 6) is 0.726. The van der Waals surface area contributed by atoms with Crippen LogP contribution in [0, 0.1) is 0 Å². The summed E-state index contributed by atoms with van der Waals surface area (Å²) < 4.78 is 0. The quantitative estimate of drug-likeness (QED) is 0.892. The number of hydrogen-bond acceptors (Lipinski definition) is 3. The van der Waals surface area contributed by atoms with Crippen LogP contribution in [0.3, 0.4) is 0 Å². The Kier molecular flexibility index (Phi) is 5.60. The number of carbonyl (C=O) groups excluding carboxylic acids is 2. The summed E-state index contributed by atoms with van der Waals surface area (Å²) in [5, 5.41) is 3.60. The van der Waals surface area contributed by atoms with Crippen molar-refractivity contribution in [3.05, 3.63) is 24.3 Å². The van der Waals surface area contributed by atoms with Gasteiger partial charge in [0.2, 0.25) is 11.8 Å². The molecule has 1 heterocycles. The van der Waals surface area contributed by atoms with Crippen LogP contribution in [0.4, 0.5) is 11.4 Å². The first-order chi connectivity index (χ1) is 11.2. The third-order valence-corrected chi connectivity index (χ3v) is 5.89. The molecule has 23 heavy (non-hydrogen) atoms. The van der Waals surface area contributed by atoms with E-state index < -0.39 is 0 Å². The summed E-state index contributed by atoms with van der Waals surface area (Å²) in [6.07, 6.45) is 7.94. The summed E-state index contributed by atoms with van der Waals surface area (Å²) in [6.45, 7) is 0.772. The highest BCUT2D eigenvalue weighted by Gasteiger charge is 2.22. The Morgan fingerprint density at radius 1 is 1.22 bits per heavy atom. The first-order valence-electron chi connectivity index (χ1n) is 8.54. The molecule has 4 nitrogen and oxygen atoms in total. The van der Waals surface area contributed by atoms with Crippen molar-refractivity contribution < 1.29 is 9.59 Å². The van der Waals surface area contributed by atoms with Gasteiger partial charge in [0, 0.05) is 29.6 Å². The Hall–Kier alpha value is -1.49. The second-order valence-corrected chi connectivity index (χ2v) is 7.61. The van der Waals surface area contributed by atoms with E-state index in [0.717, 1.165) is 24.3 Å². The van der Waals surface area contributed by atoms with E-state index >= 15 is 0 Å². The van der Waals surface area contributed by atoms with Gasteiger partial charge in [-0.3, -0.25) is 9.59 Å². The number of carbonyl (C=O) groups is 2. The maximum Gasteiger partial charge on any atom is 0.234 e. The summed E-state index contributed by atoms with van der Waals surface area (Å²) in [7, 11) is 0. The highest BCUT2D eigenvalue weighted by atomic mass is 32.2. The van der Waals surface area contributed by atoms with Crippen molar-refractivity contribution >= 4 is 35.0 Å². The van der Waals surface area contributed by atoms with Gasteiger partial charge in [0.15, 0.2) is 0 Å². The van der Waals surface area contributed by atoms with E-state index in [-0.39, 0.29) is 11.8 Å². The van der Waals surface area contributed by atoms with Gasteiger partial charge in [-0.25, -0.2) is 0 Å². The molecule has 0 bridgehead atoms. The van der Waals surface area contributed by atoms with Crippen molar-refractivity contribution in [1.82, 2.24) is 0 Å². The average molecular weight is 332 g/mol. The first-order valence-corrected chi connectivity index (χ1v) is 9.59. The molecule has 0 spiro atoms. The summed E-state index contributed by atoms with van der Waals surface area (Å²) >= 11 is 1.78. The molecule has 0 aromatic heterocycles. The molecule has 1 N–H and O–H groups in total. The number of thioether (sulfide) groups is 1. The Labute approximate surface area is 142 Å². The zero-order chi connectivity index (χ0) is 16.1. The predicted molar refractivity (Wildman–Crippen MR) is 96.0 cm³/mol. The van der Waals surface area contributed by atoms with Gasteiger partial charge in [-0.1, -0.05) is 25.3 Å². The lowest BCUT2D eigenvalue weighted by Crippen LogP contribution is -2.24. The van der Waals surface area contributed by atoms with Gasteiger partial charge < -0.3 is 10.2 Å². The third-order valence-electron chi connectivity index (χ3n) is 4.52. The lowest BCUT2D eigenvalue weighted by atomic mass is 10.0. The number of benzene rings is 1. The SMILES string of the molecule is O=C(CSC1CCCCC1)Nc1cccc(N2CCCC2=O)c1. The monoisotopic (exact) mass is 332 g/mol. The Morgan fingerprint density at radius 2 is 2.04 bits per heavy atom. The predicted octanol–water partition coefficient (Wildman–Crippen LogP) is 3.82. The fraction of sp³-hybridized carbons (Fsp3) is 0.556. The van der Waals surface area contributed by atoms with Crippen LogP contribution in [0.2, 0.25) is 0 Å². The van der Waals surface area contributed by atoms with E-state index in [1.807, 2.05) is 24.3 Å². The number of nitrogens with zero attached hydrogens (tertiary/aromatic N) is 1. The van der Waals surface area contributed by atoms with Crippen molar-refractivity contribution in [1.29, 1.82) is 0 Å². The van der Waals surface area contributed by atoms with Gasteiger partial charge in [0.1, 0.15) is 0 Å². The van der Waals surface area contributed by atoms with Crippen LogP contribution in [0.5, 0.6) is 0 Å². The van der Waals surface area contributed by atoms with Crippen LogP contribution in [0.25, 0.3) is 0 Å². The van der Waals surface area contributed by atoms with E-state index in [9.17, 15) is 9.59 Å². The number of nitrogens with one attached hydrogen (secondary N) is 1. The molecule has 1 saturated heterocycles. The largest absolute Gasteiger partial charge is 0.325 e. The highest BCUT2D eigenvalue weighted by molar-refractivity contribution is 8.00. The highest BCUT2D eigenvalue weighted by Crippen LogP contribution is 2.28. The molecule has 1 aliphatic heterocycles. The van der Waals surface area contributed by atoms with Crippen LogP contribution < -0.4 is 10.2 Å². The van der Waals surface area contributed by atoms with E-state index in [1.165, 1.54) is 32.1 Å². The molecule has 0 atom stereocenters. The molecule has 3 rings (SSSR count). The zero-order valence-corrected chi connectivity index (χ0v) is 14.2. The normalized spacial score (nSPS) is 19.1. The van der Waals surface area contributed by atoms with Crippen molar-refractivity contribution in [2.45, 2.75) is 50.2 Å². The van der Waals surface area contributed by atoms with Gasteiger partial charge in [0.25, 0.3) is 0 Å². The first kappa shape index (κ1) is 16.4. The second-order valence-electron chi connectivity index (χ2n) is 6.32. The summed E-state index contributed by atoms with van der Waals surface area (Å²) in [5.41, 5.74) is 1.65. The fourth-order valence-electron chi connectivity index (χ4n) is 3.30. The number of hydrogen-bond donors (Lipinski definition) is 1. The molecule has 1 aliphatic carbocycles. The second kappa shape index (κ2) is 7.86. The van der Waals surface area contributed by atoms with Gasteiger partial charge in [0.05, 0.1) is 5.75 Å². The molecule has 1 aromatic carbocycles. The summed E-state index contributed by atoms with van der Waals surface area (Å²) in [6, 6.07) is 7.60. The molecule has 2 fully saturated rings. The minimum Gasteiger partial charge on any atom is -0.325 e. The van der Waals surface area contributed by atoms with Crippen LogP contribution >= 0.6 is 11.8 Å². The molecule has 2 amide bonds.